The van der Waals surface area contributed by atoms with Crippen LogP contribution in [-0.2, 0) is 4.74 Å². The lowest BCUT2D eigenvalue weighted by Gasteiger charge is -2.17. The summed E-state index contributed by atoms with van der Waals surface area (Å²) in [7, 11) is 0. The van der Waals surface area contributed by atoms with Crippen LogP contribution in [0.2, 0.25) is 0 Å². The number of aliphatic imine (C=N–C) groups is 1. The molecule has 0 aliphatic carbocycles. The highest BCUT2D eigenvalue weighted by Crippen LogP contribution is 2.15. The number of ether oxygens (including phenoxy) is 1. The Bertz CT molecular complexity index is 477. The second-order valence-corrected chi connectivity index (χ2v) is 6.72. The summed E-state index contributed by atoms with van der Waals surface area (Å²) in [5, 5.41) is 16.6. The zero-order chi connectivity index (χ0) is 18.5. The number of hydrogen-bond donors (Lipinski definition) is 3. The Morgan fingerprint density at radius 3 is 2.52 bits per heavy atom. The normalized spacial score (nSPS) is 14.4. The van der Waals surface area contributed by atoms with E-state index in [0.717, 1.165) is 31.0 Å². The molecule has 0 fully saturated rings. The maximum Gasteiger partial charge on any atom is 0.191 e. The van der Waals surface area contributed by atoms with E-state index in [1.54, 1.807) is 0 Å². The van der Waals surface area contributed by atoms with E-state index in [1.165, 1.54) is 6.42 Å². The first-order chi connectivity index (χ1) is 12.0. The summed E-state index contributed by atoms with van der Waals surface area (Å²) in [5.41, 5.74) is 1.11. The summed E-state index contributed by atoms with van der Waals surface area (Å²) < 4.78 is 5.75. The fourth-order valence-electron chi connectivity index (χ4n) is 2.38. The fourth-order valence-corrected chi connectivity index (χ4v) is 2.38. The van der Waals surface area contributed by atoms with Crippen molar-refractivity contribution < 1.29 is 9.84 Å². The summed E-state index contributed by atoms with van der Waals surface area (Å²) in [5.74, 6) is 1.47. The third kappa shape index (κ3) is 10.1. The van der Waals surface area contributed by atoms with Gasteiger partial charge in [0, 0.05) is 13.1 Å². The van der Waals surface area contributed by atoms with Crippen LogP contribution in [0.4, 0.5) is 0 Å². The molecular weight excluding hydrogens is 314 g/mol. The Kier molecular flexibility index (Phi) is 10.9. The molecule has 2 atom stereocenters. The van der Waals surface area contributed by atoms with E-state index in [-0.39, 0.29) is 12.7 Å². The number of nitrogens with one attached hydrogen (secondary N) is 2. The smallest absolute Gasteiger partial charge is 0.191 e. The van der Waals surface area contributed by atoms with Gasteiger partial charge in [-0.1, -0.05) is 44.2 Å². The summed E-state index contributed by atoms with van der Waals surface area (Å²) in [6, 6.07) is 10.0. The lowest BCUT2D eigenvalue weighted by Crippen LogP contribution is -2.38. The van der Waals surface area contributed by atoms with Gasteiger partial charge < -0.3 is 20.5 Å². The van der Waals surface area contributed by atoms with Gasteiger partial charge in [0.15, 0.2) is 5.96 Å². The summed E-state index contributed by atoms with van der Waals surface area (Å²) in [6.07, 6.45) is 1.65. The van der Waals surface area contributed by atoms with Crippen molar-refractivity contribution in [2.24, 2.45) is 10.9 Å². The molecule has 0 amide bonds. The van der Waals surface area contributed by atoms with Gasteiger partial charge >= 0.3 is 0 Å². The van der Waals surface area contributed by atoms with Crippen LogP contribution in [0, 0.1) is 5.92 Å². The Balaban J connectivity index is 2.33. The molecule has 2 unspecified atom stereocenters. The molecule has 5 nitrogen and oxygen atoms in total. The number of aliphatic hydroxyl groups is 1. The molecule has 0 aromatic heterocycles. The minimum absolute atomic E-state index is 0.0396. The van der Waals surface area contributed by atoms with Crippen LogP contribution in [0.1, 0.15) is 52.2 Å². The quantitative estimate of drug-likeness (QED) is 0.326. The first kappa shape index (κ1) is 21.5. The third-order valence-electron chi connectivity index (χ3n) is 3.86. The summed E-state index contributed by atoms with van der Waals surface area (Å²) in [4.78, 5) is 4.45. The minimum atomic E-state index is -0.614. The molecule has 25 heavy (non-hydrogen) atoms. The molecular formula is C20H35N3O2. The highest BCUT2D eigenvalue weighted by Gasteiger charge is 2.10. The Hall–Kier alpha value is -1.59. The number of hydrogen-bond acceptors (Lipinski definition) is 3. The van der Waals surface area contributed by atoms with Gasteiger partial charge in [0.1, 0.15) is 0 Å². The van der Waals surface area contributed by atoms with Gasteiger partial charge in [-0.2, -0.15) is 0 Å². The molecule has 1 aromatic carbocycles. The van der Waals surface area contributed by atoms with Gasteiger partial charge in [0.05, 0.1) is 25.4 Å². The van der Waals surface area contributed by atoms with Crippen molar-refractivity contribution in [2.45, 2.75) is 52.7 Å². The predicted octanol–water partition coefficient (Wildman–Crippen LogP) is 3.12. The van der Waals surface area contributed by atoms with Gasteiger partial charge in [0.2, 0.25) is 0 Å². The van der Waals surface area contributed by atoms with Crippen molar-refractivity contribution in [3.8, 4) is 0 Å². The lowest BCUT2D eigenvalue weighted by atomic mass is 10.1. The van der Waals surface area contributed by atoms with Crippen LogP contribution >= 0.6 is 0 Å². The van der Waals surface area contributed by atoms with Gasteiger partial charge in [0.25, 0.3) is 0 Å². The van der Waals surface area contributed by atoms with Crippen molar-refractivity contribution in [1.29, 1.82) is 0 Å². The molecule has 1 aromatic rings. The molecule has 1 rings (SSSR count). The van der Waals surface area contributed by atoms with Crippen molar-refractivity contribution in [1.82, 2.24) is 10.6 Å². The summed E-state index contributed by atoms with van der Waals surface area (Å²) >= 11 is 0. The average Bonchev–Trinajstić information content (AvgIpc) is 2.61. The second kappa shape index (κ2) is 12.7. The molecule has 142 valence electrons. The van der Waals surface area contributed by atoms with Crippen LogP contribution in [0.3, 0.4) is 0 Å². The molecule has 0 saturated heterocycles. The second-order valence-electron chi connectivity index (χ2n) is 6.72. The molecule has 0 aliphatic heterocycles. The highest BCUT2D eigenvalue weighted by atomic mass is 16.5. The number of guanidine groups is 1. The monoisotopic (exact) mass is 349 g/mol. The molecule has 0 radical (unpaired) electrons. The van der Waals surface area contributed by atoms with E-state index in [9.17, 15) is 5.11 Å². The van der Waals surface area contributed by atoms with Crippen molar-refractivity contribution in [3.63, 3.8) is 0 Å². The van der Waals surface area contributed by atoms with Crippen molar-refractivity contribution in [3.05, 3.63) is 35.9 Å². The van der Waals surface area contributed by atoms with E-state index in [4.69, 9.17) is 4.74 Å². The SMILES string of the molecule is CCNC(=NCC(O)COC(C)c1ccccc1)NCCCC(C)C. The van der Waals surface area contributed by atoms with Gasteiger partial charge in [-0.05, 0) is 38.2 Å². The van der Waals surface area contributed by atoms with Crippen LogP contribution < -0.4 is 10.6 Å². The molecule has 5 heteroatoms. The number of nitrogens with zero attached hydrogens (tertiary/aromatic N) is 1. The summed E-state index contributed by atoms with van der Waals surface area (Å²) in [6.45, 7) is 10.8. The molecule has 0 heterocycles. The van der Waals surface area contributed by atoms with Crippen LogP contribution in [-0.4, -0.2) is 43.4 Å². The van der Waals surface area contributed by atoms with E-state index in [0.29, 0.717) is 12.5 Å². The van der Waals surface area contributed by atoms with Crippen LogP contribution in [0.5, 0.6) is 0 Å². The average molecular weight is 350 g/mol. The van der Waals surface area contributed by atoms with Gasteiger partial charge in [-0.25, -0.2) is 0 Å². The Morgan fingerprint density at radius 2 is 1.88 bits per heavy atom. The zero-order valence-electron chi connectivity index (χ0n) is 16.2. The van der Waals surface area contributed by atoms with Gasteiger partial charge in [-0.15, -0.1) is 0 Å². The fraction of sp³-hybridized carbons (Fsp3) is 0.650. The number of rotatable bonds is 11. The topological polar surface area (TPSA) is 65.9 Å². The number of aliphatic hydroxyl groups excluding tert-OH is 1. The maximum absolute atomic E-state index is 10.1. The van der Waals surface area contributed by atoms with Crippen molar-refractivity contribution >= 4 is 5.96 Å². The molecule has 3 N–H and O–H groups in total. The van der Waals surface area contributed by atoms with E-state index < -0.39 is 6.10 Å². The minimum Gasteiger partial charge on any atom is -0.389 e. The molecule has 0 bridgehead atoms. The van der Waals surface area contributed by atoms with Crippen LogP contribution in [0.25, 0.3) is 0 Å². The maximum atomic E-state index is 10.1. The molecule has 0 saturated carbocycles. The number of benzene rings is 1. The first-order valence-corrected chi connectivity index (χ1v) is 9.39. The van der Waals surface area contributed by atoms with Gasteiger partial charge in [-0.3, -0.25) is 4.99 Å². The largest absolute Gasteiger partial charge is 0.389 e. The Morgan fingerprint density at radius 1 is 1.16 bits per heavy atom. The van der Waals surface area contributed by atoms with E-state index >= 15 is 0 Å². The van der Waals surface area contributed by atoms with Crippen LogP contribution in [0.15, 0.2) is 35.3 Å². The van der Waals surface area contributed by atoms with Crippen molar-refractivity contribution in [2.75, 3.05) is 26.2 Å². The Labute approximate surface area is 152 Å². The molecule has 0 spiro atoms. The standard InChI is InChI=1S/C20H35N3O2/c1-5-21-20(22-13-9-10-16(2)3)23-14-19(24)15-25-17(4)18-11-7-6-8-12-18/h6-8,11-12,16-17,19,24H,5,9-10,13-15H2,1-4H3,(H2,21,22,23). The first-order valence-electron chi connectivity index (χ1n) is 9.39. The molecule has 0 aliphatic rings. The predicted molar refractivity (Wildman–Crippen MR) is 105 cm³/mol. The zero-order valence-corrected chi connectivity index (χ0v) is 16.2. The highest BCUT2D eigenvalue weighted by molar-refractivity contribution is 5.79. The lowest BCUT2D eigenvalue weighted by molar-refractivity contribution is 0.00111. The van der Waals surface area contributed by atoms with E-state index in [2.05, 4.69) is 29.5 Å². The van der Waals surface area contributed by atoms with E-state index in [1.807, 2.05) is 44.2 Å². The third-order valence-corrected chi connectivity index (χ3v) is 3.86.